The van der Waals surface area contributed by atoms with Crippen molar-refractivity contribution in [1.82, 2.24) is 4.90 Å². The summed E-state index contributed by atoms with van der Waals surface area (Å²) < 4.78 is 4.75. The molecule has 0 aliphatic rings. The Kier molecular flexibility index (Phi) is 7.00. The van der Waals surface area contributed by atoms with Gasteiger partial charge in [-0.05, 0) is 6.92 Å². The number of carboxylic acid groups (broad SMARTS) is 1. The quantitative estimate of drug-likeness (QED) is 0.682. The fourth-order valence-corrected chi connectivity index (χ4v) is 1.38. The molecule has 2 unspecified atom stereocenters. The van der Waals surface area contributed by atoms with Crippen LogP contribution < -0.4 is 0 Å². The van der Waals surface area contributed by atoms with Crippen LogP contribution in [0.1, 0.15) is 27.2 Å². The highest BCUT2D eigenvalue weighted by Crippen LogP contribution is 2.14. The Hall–Kier alpha value is -1.59. The number of aliphatic carboxylic acids is 1. The van der Waals surface area contributed by atoms with Gasteiger partial charge in [0.25, 0.3) is 0 Å². The van der Waals surface area contributed by atoms with Gasteiger partial charge in [-0.25, -0.2) is 0 Å². The molecule has 2 atom stereocenters. The van der Waals surface area contributed by atoms with E-state index in [1.807, 2.05) is 0 Å². The summed E-state index contributed by atoms with van der Waals surface area (Å²) in [5.41, 5.74) is 0. The molecule has 0 aliphatic heterocycles. The van der Waals surface area contributed by atoms with Crippen molar-refractivity contribution in [2.75, 3.05) is 20.2 Å². The molecule has 1 amide bonds. The van der Waals surface area contributed by atoms with Crippen molar-refractivity contribution in [2.24, 2.45) is 11.8 Å². The second-order valence-electron chi connectivity index (χ2n) is 4.23. The average Bonchev–Trinajstić information content (AvgIpc) is 2.33. The Bertz CT molecular complexity index is 316. The first-order valence-corrected chi connectivity index (χ1v) is 5.94. The fraction of sp³-hybridized carbons (Fsp3) is 0.750. The SMILES string of the molecule is CCOC(=O)CCN(C)C(=O)C(C)C(C)C(=O)O. The minimum Gasteiger partial charge on any atom is -0.481 e. The highest BCUT2D eigenvalue weighted by molar-refractivity contribution is 5.84. The molecule has 0 aromatic carbocycles. The minimum absolute atomic E-state index is 0.115. The molecule has 0 heterocycles. The van der Waals surface area contributed by atoms with Gasteiger partial charge in [-0.1, -0.05) is 13.8 Å². The van der Waals surface area contributed by atoms with Gasteiger partial charge < -0.3 is 14.7 Å². The number of carbonyl (C=O) groups is 3. The molecular formula is C12H21NO5. The van der Waals surface area contributed by atoms with Crippen LogP contribution in [0.2, 0.25) is 0 Å². The normalized spacial score (nSPS) is 13.6. The zero-order chi connectivity index (χ0) is 14.3. The van der Waals surface area contributed by atoms with Gasteiger partial charge in [0.1, 0.15) is 0 Å². The third-order valence-electron chi connectivity index (χ3n) is 2.86. The van der Waals surface area contributed by atoms with E-state index in [2.05, 4.69) is 0 Å². The number of esters is 1. The molecule has 6 nitrogen and oxygen atoms in total. The van der Waals surface area contributed by atoms with Crippen LogP contribution in [0.4, 0.5) is 0 Å². The zero-order valence-electron chi connectivity index (χ0n) is 11.3. The Morgan fingerprint density at radius 1 is 1.22 bits per heavy atom. The minimum atomic E-state index is -1.00. The van der Waals surface area contributed by atoms with E-state index in [1.165, 1.54) is 11.8 Å². The van der Waals surface area contributed by atoms with Gasteiger partial charge in [-0.2, -0.15) is 0 Å². The first-order chi connectivity index (χ1) is 8.31. The summed E-state index contributed by atoms with van der Waals surface area (Å²) in [6, 6.07) is 0. The number of ether oxygens (including phenoxy) is 1. The monoisotopic (exact) mass is 259 g/mol. The zero-order valence-corrected chi connectivity index (χ0v) is 11.3. The number of carboxylic acids is 1. The second kappa shape index (κ2) is 7.68. The van der Waals surface area contributed by atoms with Gasteiger partial charge in [0, 0.05) is 19.5 Å². The summed E-state index contributed by atoms with van der Waals surface area (Å²) in [4.78, 5) is 35.1. The molecule has 0 bridgehead atoms. The summed E-state index contributed by atoms with van der Waals surface area (Å²) in [5, 5.41) is 8.83. The van der Waals surface area contributed by atoms with Gasteiger partial charge in [-0.3, -0.25) is 14.4 Å². The van der Waals surface area contributed by atoms with Crippen molar-refractivity contribution in [3.8, 4) is 0 Å². The molecule has 0 spiro atoms. The fourth-order valence-electron chi connectivity index (χ4n) is 1.38. The maximum absolute atomic E-state index is 11.9. The number of carbonyl (C=O) groups excluding carboxylic acids is 2. The van der Waals surface area contributed by atoms with Crippen molar-refractivity contribution in [3.05, 3.63) is 0 Å². The predicted molar refractivity (Wildman–Crippen MR) is 64.9 cm³/mol. The smallest absolute Gasteiger partial charge is 0.307 e. The molecule has 0 fully saturated rings. The van der Waals surface area contributed by atoms with Crippen LogP contribution in [0.15, 0.2) is 0 Å². The third kappa shape index (κ3) is 5.16. The van der Waals surface area contributed by atoms with Crippen LogP contribution in [0.5, 0.6) is 0 Å². The molecular weight excluding hydrogens is 238 g/mol. The Balaban J connectivity index is 4.25. The van der Waals surface area contributed by atoms with Crippen molar-refractivity contribution >= 4 is 17.8 Å². The highest BCUT2D eigenvalue weighted by atomic mass is 16.5. The number of hydrogen-bond acceptors (Lipinski definition) is 4. The second-order valence-corrected chi connectivity index (χ2v) is 4.23. The first-order valence-electron chi connectivity index (χ1n) is 5.94. The topological polar surface area (TPSA) is 83.9 Å². The number of amides is 1. The number of rotatable bonds is 7. The van der Waals surface area contributed by atoms with Crippen molar-refractivity contribution in [1.29, 1.82) is 0 Å². The molecule has 0 aromatic rings. The lowest BCUT2D eigenvalue weighted by atomic mass is 9.95. The van der Waals surface area contributed by atoms with Gasteiger partial charge in [0.2, 0.25) is 5.91 Å². The van der Waals surface area contributed by atoms with E-state index in [0.29, 0.717) is 6.61 Å². The molecule has 0 radical (unpaired) electrons. The summed E-state index contributed by atoms with van der Waals surface area (Å²) >= 11 is 0. The van der Waals surface area contributed by atoms with Gasteiger partial charge in [0.15, 0.2) is 0 Å². The van der Waals surface area contributed by atoms with E-state index in [1.54, 1.807) is 20.9 Å². The number of hydrogen-bond donors (Lipinski definition) is 1. The maximum atomic E-state index is 11.9. The molecule has 18 heavy (non-hydrogen) atoms. The summed E-state index contributed by atoms with van der Waals surface area (Å²) in [7, 11) is 1.55. The van der Waals surface area contributed by atoms with Crippen molar-refractivity contribution < 1.29 is 24.2 Å². The lowest BCUT2D eigenvalue weighted by Crippen LogP contribution is -2.37. The van der Waals surface area contributed by atoms with Gasteiger partial charge in [0.05, 0.1) is 18.9 Å². The molecule has 0 rings (SSSR count). The molecule has 104 valence electrons. The predicted octanol–water partition coefficient (Wildman–Crippen LogP) is 0.755. The van der Waals surface area contributed by atoms with Crippen LogP contribution in [0.25, 0.3) is 0 Å². The lowest BCUT2D eigenvalue weighted by Gasteiger charge is -2.23. The summed E-state index contributed by atoms with van der Waals surface area (Å²) in [6.07, 6.45) is 0.115. The summed E-state index contributed by atoms with van der Waals surface area (Å²) in [5.74, 6) is -3.02. The van der Waals surface area contributed by atoms with Crippen molar-refractivity contribution in [3.63, 3.8) is 0 Å². The van der Waals surface area contributed by atoms with E-state index < -0.39 is 17.8 Å². The molecule has 0 saturated heterocycles. The first kappa shape index (κ1) is 16.4. The van der Waals surface area contributed by atoms with E-state index >= 15 is 0 Å². The van der Waals surface area contributed by atoms with Crippen LogP contribution in [0.3, 0.4) is 0 Å². The number of nitrogens with zero attached hydrogens (tertiary/aromatic N) is 1. The standard InChI is InChI=1S/C12H21NO5/c1-5-18-10(14)6-7-13(4)11(15)8(2)9(3)12(16)17/h8-9H,5-7H2,1-4H3,(H,16,17). The summed E-state index contributed by atoms with van der Waals surface area (Å²) in [6.45, 7) is 5.31. The molecule has 0 aliphatic carbocycles. The van der Waals surface area contributed by atoms with Gasteiger partial charge >= 0.3 is 11.9 Å². The maximum Gasteiger partial charge on any atom is 0.307 e. The molecule has 0 aromatic heterocycles. The van der Waals surface area contributed by atoms with E-state index in [0.717, 1.165) is 0 Å². The molecule has 6 heteroatoms. The van der Waals surface area contributed by atoms with Crippen LogP contribution in [-0.4, -0.2) is 48.1 Å². The van der Waals surface area contributed by atoms with E-state index in [-0.39, 0.29) is 24.8 Å². The van der Waals surface area contributed by atoms with Gasteiger partial charge in [-0.15, -0.1) is 0 Å². The largest absolute Gasteiger partial charge is 0.481 e. The Labute approximate surface area is 107 Å². The highest BCUT2D eigenvalue weighted by Gasteiger charge is 2.28. The van der Waals surface area contributed by atoms with Crippen LogP contribution in [0, 0.1) is 11.8 Å². The van der Waals surface area contributed by atoms with E-state index in [4.69, 9.17) is 9.84 Å². The van der Waals surface area contributed by atoms with E-state index in [9.17, 15) is 14.4 Å². The molecule has 1 N–H and O–H groups in total. The van der Waals surface area contributed by atoms with Crippen molar-refractivity contribution in [2.45, 2.75) is 27.2 Å². The Morgan fingerprint density at radius 3 is 2.22 bits per heavy atom. The lowest BCUT2D eigenvalue weighted by molar-refractivity contribution is -0.149. The third-order valence-corrected chi connectivity index (χ3v) is 2.86. The van der Waals surface area contributed by atoms with Crippen LogP contribution in [-0.2, 0) is 19.1 Å². The average molecular weight is 259 g/mol. The Morgan fingerprint density at radius 2 is 1.78 bits per heavy atom. The van der Waals surface area contributed by atoms with Crippen LogP contribution >= 0.6 is 0 Å². The molecule has 0 saturated carbocycles.